The van der Waals surface area contributed by atoms with Gasteiger partial charge in [-0.3, -0.25) is 14.4 Å². The second kappa shape index (κ2) is 9.36. The Hall–Kier alpha value is -3.10. The number of hydrogen-bond acceptors (Lipinski definition) is 7. The van der Waals surface area contributed by atoms with Crippen LogP contribution in [-0.2, 0) is 19.1 Å². The maximum atomic E-state index is 12.4. The molecule has 9 nitrogen and oxygen atoms in total. The zero-order valence-electron chi connectivity index (χ0n) is 18.5. The van der Waals surface area contributed by atoms with Crippen molar-refractivity contribution in [2.45, 2.75) is 39.2 Å². The third-order valence-corrected chi connectivity index (χ3v) is 5.04. The first-order valence-corrected chi connectivity index (χ1v) is 10.4. The number of carbonyl (C=O) groups excluding carboxylic acids is 3. The van der Waals surface area contributed by atoms with Crippen molar-refractivity contribution in [3.8, 4) is 0 Å². The highest BCUT2D eigenvalue weighted by Crippen LogP contribution is 2.26. The van der Waals surface area contributed by atoms with Gasteiger partial charge in [0.05, 0.1) is 12.5 Å². The third-order valence-electron chi connectivity index (χ3n) is 5.04. The molecule has 168 valence electrons. The molecule has 1 saturated heterocycles. The van der Waals surface area contributed by atoms with Crippen LogP contribution in [0.5, 0.6) is 0 Å². The molecule has 1 aromatic carbocycles. The van der Waals surface area contributed by atoms with E-state index < -0.39 is 11.9 Å². The molecule has 0 atom stereocenters. The van der Waals surface area contributed by atoms with Gasteiger partial charge in [0.25, 0.3) is 11.9 Å². The summed E-state index contributed by atoms with van der Waals surface area (Å²) < 4.78 is 11.0. The molecule has 1 aromatic heterocycles. The maximum absolute atomic E-state index is 12.4. The van der Waals surface area contributed by atoms with Crippen molar-refractivity contribution < 1.29 is 23.5 Å². The van der Waals surface area contributed by atoms with Crippen molar-refractivity contribution >= 4 is 34.9 Å². The van der Waals surface area contributed by atoms with Crippen LogP contribution in [-0.4, -0.2) is 66.5 Å². The number of nitrogens with zero attached hydrogens (tertiary/aromatic N) is 3. The first kappa shape index (κ1) is 22.6. The summed E-state index contributed by atoms with van der Waals surface area (Å²) in [5.74, 6) is -1.34. The fourth-order valence-electron chi connectivity index (χ4n) is 3.42. The van der Waals surface area contributed by atoms with Gasteiger partial charge >= 0.3 is 5.97 Å². The lowest BCUT2D eigenvalue weighted by molar-refractivity contribution is -0.156. The molecule has 1 N–H and O–H groups in total. The third kappa shape index (κ3) is 6.19. The number of amides is 2. The summed E-state index contributed by atoms with van der Waals surface area (Å²) in [6.07, 6.45) is 1.19. The maximum Gasteiger partial charge on any atom is 0.309 e. The zero-order chi connectivity index (χ0) is 22.6. The molecule has 1 aliphatic heterocycles. The summed E-state index contributed by atoms with van der Waals surface area (Å²) in [6.45, 7) is 6.37. The Labute approximate surface area is 181 Å². The summed E-state index contributed by atoms with van der Waals surface area (Å²) in [5, 5.41) is 2.79. The molecule has 0 saturated carbocycles. The number of anilines is 1. The van der Waals surface area contributed by atoms with E-state index in [-0.39, 0.29) is 30.5 Å². The standard InChI is InChI=1S/C22H30N4O5/c1-22(2,3)24-18(27)13-25(4)19(28)14-30-20(29)15-9-11-26(12-10-15)21-23-16-7-5-6-8-17(16)31-21/h5-8,15H,9-14H2,1-4H3,(H,24,27). The smallest absolute Gasteiger partial charge is 0.309 e. The number of aromatic nitrogens is 1. The van der Waals surface area contributed by atoms with Crippen molar-refractivity contribution in [3.63, 3.8) is 0 Å². The van der Waals surface area contributed by atoms with Gasteiger partial charge in [-0.2, -0.15) is 4.98 Å². The van der Waals surface area contributed by atoms with Gasteiger partial charge in [0.1, 0.15) is 5.52 Å². The molecule has 2 amide bonds. The average Bonchev–Trinajstić information content (AvgIpc) is 3.14. The van der Waals surface area contributed by atoms with Gasteiger partial charge in [0.2, 0.25) is 5.91 Å². The van der Waals surface area contributed by atoms with Crippen LogP contribution < -0.4 is 10.2 Å². The zero-order valence-corrected chi connectivity index (χ0v) is 18.5. The Morgan fingerprint density at radius 3 is 2.55 bits per heavy atom. The predicted octanol–water partition coefficient (Wildman–Crippen LogP) is 1.96. The Morgan fingerprint density at radius 2 is 1.90 bits per heavy atom. The van der Waals surface area contributed by atoms with E-state index in [9.17, 15) is 14.4 Å². The highest BCUT2D eigenvalue weighted by atomic mass is 16.5. The summed E-state index contributed by atoms with van der Waals surface area (Å²) in [6, 6.07) is 8.13. The fraction of sp³-hybridized carbons (Fsp3) is 0.545. The van der Waals surface area contributed by atoms with Crippen LogP contribution in [0.1, 0.15) is 33.6 Å². The molecule has 9 heteroatoms. The van der Waals surface area contributed by atoms with E-state index in [0.717, 1.165) is 11.1 Å². The second-order valence-corrected chi connectivity index (χ2v) is 8.88. The van der Waals surface area contributed by atoms with E-state index in [1.807, 2.05) is 49.9 Å². The molecule has 31 heavy (non-hydrogen) atoms. The number of likely N-dealkylation sites (N-methyl/N-ethyl adjacent to an activating group) is 1. The Kier molecular flexibility index (Phi) is 6.82. The van der Waals surface area contributed by atoms with Crippen LogP contribution in [0, 0.1) is 5.92 Å². The lowest BCUT2D eigenvalue weighted by Gasteiger charge is -2.29. The van der Waals surface area contributed by atoms with Crippen LogP contribution in [0.15, 0.2) is 28.7 Å². The molecule has 0 radical (unpaired) electrons. The van der Waals surface area contributed by atoms with Crippen molar-refractivity contribution in [1.82, 2.24) is 15.2 Å². The largest absolute Gasteiger partial charge is 0.455 e. The summed E-state index contributed by atoms with van der Waals surface area (Å²) >= 11 is 0. The number of para-hydroxylation sites is 2. The minimum Gasteiger partial charge on any atom is -0.455 e. The topological polar surface area (TPSA) is 105 Å². The van der Waals surface area contributed by atoms with Crippen LogP contribution in [0.4, 0.5) is 6.01 Å². The number of rotatable bonds is 6. The van der Waals surface area contributed by atoms with Gasteiger partial charge in [-0.1, -0.05) is 12.1 Å². The highest BCUT2D eigenvalue weighted by molar-refractivity contribution is 5.86. The molecule has 0 spiro atoms. The molecular formula is C22H30N4O5. The Bertz CT molecular complexity index is 908. The lowest BCUT2D eigenvalue weighted by atomic mass is 9.97. The molecule has 1 aliphatic rings. The number of hydrogen-bond donors (Lipinski definition) is 1. The highest BCUT2D eigenvalue weighted by Gasteiger charge is 2.29. The van der Waals surface area contributed by atoms with Gasteiger partial charge in [-0.05, 0) is 45.7 Å². The van der Waals surface area contributed by atoms with Gasteiger partial charge in [0.15, 0.2) is 12.2 Å². The number of fused-ring (bicyclic) bond motifs is 1. The van der Waals surface area contributed by atoms with E-state index >= 15 is 0 Å². The number of ether oxygens (including phenoxy) is 1. The SMILES string of the molecule is CN(CC(=O)NC(C)(C)C)C(=O)COC(=O)C1CCN(c2nc3ccccc3o2)CC1. The lowest BCUT2D eigenvalue weighted by Crippen LogP contribution is -2.47. The van der Waals surface area contributed by atoms with Gasteiger partial charge in [-0.25, -0.2) is 0 Å². The van der Waals surface area contributed by atoms with Crippen molar-refractivity contribution in [2.75, 3.05) is 38.2 Å². The van der Waals surface area contributed by atoms with Crippen molar-refractivity contribution in [2.24, 2.45) is 5.92 Å². The minimum atomic E-state index is -0.415. The van der Waals surface area contributed by atoms with E-state index in [4.69, 9.17) is 9.15 Å². The van der Waals surface area contributed by atoms with Gasteiger partial charge in [-0.15, -0.1) is 0 Å². The molecule has 2 aromatic rings. The fourth-order valence-corrected chi connectivity index (χ4v) is 3.42. The first-order valence-electron chi connectivity index (χ1n) is 10.4. The van der Waals surface area contributed by atoms with Crippen molar-refractivity contribution in [1.29, 1.82) is 0 Å². The van der Waals surface area contributed by atoms with Crippen LogP contribution in [0.2, 0.25) is 0 Å². The number of benzene rings is 1. The normalized spacial score (nSPS) is 15.0. The predicted molar refractivity (Wildman–Crippen MR) is 115 cm³/mol. The number of oxazole rings is 1. The van der Waals surface area contributed by atoms with Crippen LogP contribution in [0.25, 0.3) is 11.1 Å². The van der Waals surface area contributed by atoms with E-state index in [1.54, 1.807) is 0 Å². The van der Waals surface area contributed by atoms with E-state index in [0.29, 0.717) is 31.9 Å². The average molecular weight is 431 g/mol. The van der Waals surface area contributed by atoms with Crippen molar-refractivity contribution in [3.05, 3.63) is 24.3 Å². The molecule has 3 rings (SSSR count). The second-order valence-electron chi connectivity index (χ2n) is 8.88. The number of carbonyl (C=O) groups is 3. The van der Waals surface area contributed by atoms with Gasteiger partial charge < -0.3 is 24.3 Å². The number of nitrogens with one attached hydrogen (secondary N) is 1. The van der Waals surface area contributed by atoms with Crippen LogP contribution in [0.3, 0.4) is 0 Å². The summed E-state index contributed by atoms with van der Waals surface area (Å²) in [7, 11) is 1.51. The number of esters is 1. The monoisotopic (exact) mass is 430 g/mol. The Morgan fingerprint density at radius 1 is 1.23 bits per heavy atom. The molecular weight excluding hydrogens is 400 g/mol. The van der Waals surface area contributed by atoms with Gasteiger partial charge in [0, 0.05) is 25.7 Å². The quantitative estimate of drug-likeness (QED) is 0.699. The molecule has 0 aliphatic carbocycles. The Balaban J connectivity index is 1.42. The molecule has 0 bridgehead atoms. The van der Waals surface area contributed by atoms with Crippen LogP contribution >= 0.6 is 0 Å². The summed E-state index contributed by atoms with van der Waals surface area (Å²) in [4.78, 5) is 44.3. The number of piperidine rings is 1. The molecule has 1 fully saturated rings. The minimum absolute atomic E-state index is 0.0868. The molecule has 0 unspecified atom stereocenters. The summed E-state index contributed by atoms with van der Waals surface area (Å²) in [5.41, 5.74) is 1.16. The van der Waals surface area contributed by atoms with E-state index in [1.165, 1.54) is 11.9 Å². The first-order chi connectivity index (χ1) is 14.6. The molecule has 2 heterocycles. The van der Waals surface area contributed by atoms with E-state index in [2.05, 4.69) is 10.3 Å².